The van der Waals surface area contributed by atoms with Crippen molar-refractivity contribution in [3.8, 4) is 0 Å². The SMILES string of the molecule is CN(Cc1ccccc1)C(=O)C1(c2ccccc2Cl)CCOCC1. The number of carbonyl (C=O) groups is 1. The van der Waals surface area contributed by atoms with Crippen LogP contribution in [0.3, 0.4) is 0 Å². The second kappa shape index (κ2) is 7.37. The minimum absolute atomic E-state index is 0.114. The van der Waals surface area contributed by atoms with E-state index in [1.165, 1.54) is 0 Å². The zero-order chi connectivity index (χ0) is 17.0. The largest absolute Gasteiger partial charge is 0.381 e. The second-order valence-corrected chi connectivity index (χ2v) is 6.73. The Hall–Kier alpha value is -1.84. The van der Waals surface area contributed by atoms with Crippen LogP contribution in [0.15, 0.2) is 54.6 Å². The predicted molar refractivity (Wildman–Crippen MR) is 96.1 cm³/mol. The maximum Gasteiger partial charge on any atom is 0.233 e. The first kappa shape index (κ1) is 17.0. The van der Waals surface area contributed by atoms with Gasteiger partial charge in [-0.05, 0) is 30.0 Å². The third-order valence-corrected chi connectivity index (χ3v) is 5.08. The van der Waals surface area contributed by atoms with Gasteiger partial charge in [0.25, 0.3) is 0 Å². The number of amides is 1. The van der Waals surface area contributed by atoms with E-state index in [2.05, 4.69) is 0 Å². The van der Waals surface area contributed by atoms with Gasteiger partial charge in [-0.25, -0.2) is 0 Å². The summed E-state index contributed by atoms with van der Waals surface area (Å²) in [4.78, 5) is 15.2. The van der Waals surface area contributed by atoms with Gasteiger partial charge in [-0.2, -0.15) is 0 Å². The summed E-state index contributed by atoms with van der Waals surface area (Å²) < 4.78 is 5.52. The van der Waals surface area contributed by atoms with Gasteiger partial charge in [0, 0.05) is 31.8 Å². The lowest BCUT2D eigenvalue weighted by molar-refractivity contribution is -0.140. The Balaban J connectivity index is 1.91. The quantitative estimate of drug-likeness (QED) is 0.838. The van der Waals surface area contributed by atoms with Crippen molar-refractivity contribution in [1.82, 2.24) is 4.90 Å². The topological polar surface area (TPSA) is 29.5 Å². The molecule has 1 fully saturated rings. The molecule has 4 heteroatoms. The van der Waals surface area contributed by atoms with Gasteiger partial charge in [-0.3, -0.25) is 4.79 Å². The molecule has 0 unspecified atom stereocenters. The Morgan fingerprint density at radius 2 is 1.71 bits per heavy atom. The van der Waals surface area contributed by atoms with Crippen LogP contribution in [0.2, 0.25) is 5.02 Å². The summed E-state index contributed by atoms with van der Waals surface area (Å²) in [5.74, 6) is 0.114. The molecule has 126 valence electrons. The number of benzene rings is 2. The van der Waals surface area contributed by atoms with Gasteiger partial charge in [0.2, 0.25) is 5.91 Å². The van der Waals surface area contributed by atoms with Crippen molar-refractivity contribution in [2.75, 3.05) is 20.3 Å². The van der Waals surface area contributed by atoms with Crippen molar-refractivity contribution >= 4 is 17.5 Å². The molecule has 0 radical (unpaired) electrons. The van der Waals surface area contributed by atoms with Crippen LogP contribution in [0, 0.1) is 0 Å². The van der Waals surface area contributed by atoms with E-state index in [0.717, 1.165) is 11.1 Å². The van der Waals surface area contributed by atoms with Gasteiger partial charge in [0.1, 0.15) is 0 Å². The first-order chi connectivity index (χ1) is 11.6. The van der Waals surface area contributed by atoms with Crippen LogP contribution in [-0.2, 0) is 21.5 Å². The van der Waals surface area contributed by atoms with E-state index in [4.69, 9.17) is 16.3 Å². The Morgan fingerprint density at radius 1 is 1.08 bits per heavy atom. The van der Waals surface area contributed by atoms with Gasteiger partial charge in [0.05, 0.1) is 5.41 Å². The number of likely N-dealkylation sites (N-methyl/N-ethyl adjacent to an activating group) is 1. The highest BCUT2D eigenvalue weighted by Crippen LogP contribution is 2.40. The highest BCUT2D eigenvalue weighted by molar-refractivity contribution is 6.31. The standard InChI is InChI=1S/C20H22ClNO2/c1-22(15-16-7-3-2-4-8-16)19(23)20(11-13-24-14-12-20)17-9-5-6-10-18(17)21/h2-10H,11-15H2,1H3. The van der Waals surface area contributed by atoms with Gasteiger partial charge >= 0.3 is 0 Å². The third-order valence-electron chi connectivity index (χ3n) is 4.75. The number of carbonyl (C=O) groups excluding carboxylic acids is 1. The summed E-state index contributed by atoms with van der Waals surface area (Å²) in [6.45, 7) is 1.75. The Kier molecular flexibility index (Phi) is 5.22. The highest BCUT2D eigenvalue weighted by Gasteiger charge is 2.44. The van der Waals surface area contributed by atoms with Crippen molar-refractivity contribution in [2.24, 2.45) is 0 Å². The van der Waals surface area contributed by atoms with Crippen LogP contribution in [-0.4, -0.2) is 31.1 Å². The summed E-state index contributed by atoms with van der Waals surface area (Å²) in [5.41, 5.74) is 1.44. The molecule has 1 aliphatic heterocycles. The van der Waals surface area contributed by atoms with E-state index in [1.807, 2.05) is 66.5 Å². The summed E-state index contributed by atoms with van der Waals surface area (Å²) >= 11 is 6.44. The molecular formula is C20H22ClNO2. The zero-order valence-electron chi connectivity index (χ0n) is 13.9. The second-order valence-electron chi connectivity index (χ2n) is 6.32. The molecule has 24 heavy (non-hydrogen) atoms. The Labute approximate surface area is 148 Å². The fourth-order valence-corrected chi connectivity index (χ4v) is 3.78. The maximum absolute atomic E-state index is 13.4. The highest BCUT2D eigenvalue weighted by atomic mass is 35.5. The summed E-state index contributed by atoms with van der Waals surface area (Å²) in [7, 11) is 1.86. The first-order valence-corrected chi connectivity index (χ1v) is 8.63. The maximum atomic E-state index is 13.4. The van der Waals surface area contributed by atoms with Crippen LogP contribution in [0.4, 0.5) is 0 Å². The number of hydrogen-bond donors (Lipinski definition) is 0. The van der Waals surface area contributed by atoms with Crippen LogP contribution in [0.1, 0.15) is 24.0 Å². The van der Waals surface area contributed by atoms with Crippen LogP contribution < -0.4 is 0 Å². The molecule has 0 spiro atoms. The van der Waals surface area contributed by atoms with Gasteiger partial charge in [-0.15, -0.1) is 0 Å². The third kappa shape index (κ3) is 3.33. The average molecular weight is 344 g/mol. The molecule has 1 amide bonds. The summed E-state index contributed by atoms with van der Waals surface area (Å²) in [5, 5.41) is 0.654. The van der Waals surface area contributed by atoms with E-state index in [9.17, 15) is 4.79 Å². The van der Waals surface area contributed by atoms with Gasteiger partial charge < -0.3 is 9.64 Å². The molecule has 1 heterocycles. The monoisotopic (exact) mass is 343 g/mol. The lowest BCUT2D eigenvalue weighted by Gasteiger charge is -2.39. The average Bonchev–Trinajstić information content (AvgIpc) is 2.63. The van der Waals surface area contributed by atoms with Gasteiger partial charge in [0.15, 0.2) is 0 Å². The molecule has 0 N–H and O–H groups in total. The van der Waals surface area contributed by atoms with E-state index < -0.39 is 5.41 Å². The van der Waals surface area contributed by atoms with Crippen molar-refractivity contribution in [3.05, 3.63) is 70.7 Å². The molecule has 3 nitrogen and oxygen atoms in total. The van der Waals surface area contributed by atoms with Crippen molar-refractivity contribution in [1.29, 1.82) is 0 Å². The lowest BCUT2D eigenvalue weighted by Crippen LogP contribution is -2.48. The van der Waals surface area contributed by atoms with Crippen molar-refractivity contribution in [2.45, 2.75) is 24.8 Å². The lowest BCUT2D eigenvalue weighted by atomic mass is 9.73. The van der Waals surface area contributed by atoms with Crippen LogP contribution in [0.5, 0.6) is 0 Å². The minimum atomic E-state index is -0.597. The normalized spacial score (nSPS) is 16.6. The van der Waals surface area contributed by atoms with Gasteiger partial charge in [-0.1, -0.05) is 60.1 Å². The molecule has 1 saturated heterocycles. The first-order valence-electron chi connectivity index (χ1n) is 8.26. The molecule has 2 aromatic carbocycles. The molecule has 0 atom stereocenters. The van der Waals surface area contributed by atoms with Crippen LogP contribution in [0.25, 0.3) is 0 Å². The molecular weight excluding hydrogens is 322 g/mol. The number of nitrogens with zero attached hydrogens (tertiary/aromatic N) is 1. The van der Waals surface area contributed by atoms with Crippen molar-refractivity contribution in [3.63, 3.8) is 0 Å². The fourth-order valence-electron chi connectivity index (χ4n) is 3.46. The predicted octanol–water partition coefficient (Wildman–Crippen LogP) is 4.05. The van der Waals surface area contributed by atoms with E-state index >= 15 is 0 Å². The molecule has 2 aromatic rings. The molecule has 0 bridgehead atoms. The number of hydrogen-bond acceptors (Lipinski definition) is 2. The minimum Gasteiger partial charge on any atom is -0.381 e. The van der Waals surface area contributed by atoms with E-state index in [1.54, 1.807) is 0 Å². The molecule has 0 aromatic heterocycles. The van der Waals surface area contributed by atoms with Crippen molar-refractivity contribution < 1.29 is 9.53 Å². The molecule has 3 rings (SSSR count). The summed E-state index contributed by atoms with van der Waals surface area (Å²) in [6.07, 6.45) is 1.32. The van der Waals surface area contributed by atoms with E-state index in [0.29, 0.717) is 37.6 Å². The Morgan fingerprint density at radius 3 is 2.38 bits per heavy atom. The van der Waals surface area contributed by atoms with Crippen LogP contribution >= 0.6 is 11.6 Å². The molecule has 0 aliphatic carbocycles. The molecule has 1 aliphatic rings. The number of halogens is 1. The smallest absolute Gasteiger partial charge is 0.233 e. The molecule has 0 saturated carbocycles. The van der Waals surface area contributed by atoms with E-state index in [-0.39, 0.29) is 5.91 Å². The summed E-state index contributed by atoms with van der Waals surface area (Å²) in [6, 6.07) is 17.7. The number of ether oxygens (including phenoxy) is 1. The fraction of sp³-hybridized carbons (Fsp3) is 0.350. The Bertz CT molecular complexity index is 696. The zero-order valence-corrected chi connectivity index (χ0v) is 14.6. The number of rotatable bonds is 4.